The highest BCUT2D eigenvalue weighted by Gasteiger charge is 2.08. The molecule has 1 N–H and O–H groups in total. The zero-order chi connectivity index (χ0) is 10.1. The maximum atomic E-state index is 3.41. The van der Waals surface area contributed by atoms with Gasteiger partial charge in [-0.25, -0.2) is 0 Å². The van der Waals surface area contributed by atoms with Crippen LogP contribution in [0.25, 0.3) is 0 Å². The van der Waals surface area contributed by atoms with Gasteiger partial charge in [-0.2, -0.15) is 0 Å². The lowest BCUT2D eigenvalue weighted by molar-refractivity contribution is 0.383. The molecule has 0 aliphatic rings. The van der Waals surface area contributed by atoms with Crippen molar-refractivity contribution < 1.29 is 0 Å². The van der Waals surface area contributed by atoms with E-state index in [1.807, 2.05) is 0 Å². The van der Waals surface area contributed by atoms with Gasteiger partial charge in [-0.05, 0) is 32.2 Å². The van der Waals surface area contributed by atoms with E-state index < -0.39 is 0 Å². The Labute approximate surface area is 84.3 Å². The molecule has 13 heavy (non-hydrogen) atoms. The highest BCUT2D eigenvalue weighted by atomic mass is 14.9. The van der Waals surface area contributed by atoms with Crippen molar-refractivity contribution in [2.75, 3.05) is 7.05 Å². The third kappa shape index (κ3) is 6.09. The molecular formula is C12H27N. The summed E-state index contributed by atoms with van der Waals surface area (Å²) in [5.41, 5.74) is 0. The van der Waals surface area contributed by atoms with Crippen LogP contribution in [0.5, 0.6) is 0 Å². The quantitative estimate of drug-likeness (QED) is 0.609. The van der Waals surface area contributed by atoms with Gasteiger partial charge in [-0.1, -0.05) is 40.0 Å². The van der Waals surface area contributed by atoms with Crippen molar-refractivity contribution in [1.82, 2.24) is 5.32 Å². The minimum Gasteiger partial charge on any atom is -0.317 e. The lowest BCUT2D eigenvalue weighted by atomic mass is 9.94. The van der Waals surface area contributed by atoms with E-state index in [-0.39, 0.29) is 0 Å². The van der Waals surface area contributed by atoms with Crippen molar-refractivity contribution in [2.45, 2.75) is 65.3 Å². The first kappa shape index (κ1) is 13.0. The smallest absolute Gasteiger partial charge is 0.00640 e. The summed E-state index contributed by atoms with van der Waals surface area (Å²) >= 11 is 0. The van der Waals surface area contributed by atoms with Crippen LogP contribution in [0, 0.1) is 5.92 Å². The van der Waals surface area contributed by atoms with Gasteiger partial charge in [0, 0.05) is 6.04 Å². The van der Waals surface area contributed by atoms with Crippen molar-refractivity contribution in [3.8, 4) is 0 Å². The molecule has 0 saturated carbocycles. The van der Waals surface area contributed by atoms with E-state index in [2.05, 4.69) is 33.1 Å². The van der Waals surface area contributed by atoms with Crippen molar-refractivity contribution in [1.29, 1.82) is 0 Å². The van der Waals surface area contributed by atoms with Crippen LogP contribution in [-0.4, -0.2) is 13.1 Å². The SMILES string of the molecule is CCCC(CCC(CC)CC)NC. The van der Waals surface area contributed by atoms with Crippen LogP contribution in [0.1, 0.15) is 59.3 Å². The van der Waals surface area contributed by atoms with Gasteiger partial charge in [0.15, 0.2) is 0 Å². The van der Waals surface area contributed by atoms with E-state index in [1.54, 1.807) is 0 Å². The monoisotopic (exact) mass is 185 g/mol. The first-order chi connectivity index (χ1) is 6.28. The normalized spacial score (nSPS) is 13.6. The highest BCUT2D eigenvalue weighted by molar-refractivity contribution is 4.66. The third-order valence-electron chi connectivity index (χ3n) is 3.12. The van der Waals surface area contributed by atoms with Crippen molar-refractivity contribution in [3.05, 3.63) is 0 Å². The molecule has 0 aromatic rings. The Morgan fingerprint density at radius 1 is 0.923 bits per heavy atom. The molecule has 0 aliphatic carbocycles. The van der Waals surface area contributed by atoms with Crippen LogP contribution in [0.15, 0.2) is 0 Å². The molecule has 0 rings (SSSR count). The van der Waals surface area contributed by atoms with Crippen molar-refractivity contribution in [2.24, 2.45) is 5.92 Å². The molecule has 1 unspecified atom stereocenters. The predicted octanol–water partition coefficient (Wildman–Crippen LogP) is 3.59. The Morgan fingerprint density at radius 3 is 1.92 bits per heavy atom. The molecule has 0 aliphatic heterocycles. The maximum absolute atomic E-state index is 3.41. The first-order valence-electron chi connectivity index (χ1n) is 5.95. The summed E-state index contributed by atoms with van der Waals surface area (Å²) in [5.74, 6) is 0.952. The Balaban J connectivity index is 3.56. The fourth-order valence-corrected chi connectivity index (χ4v) is 1.92. The standard InChI is InChI=1S/C12H27N/c1-5-8-12(13-4)10-9-11(6-2)7-3/h11-13H,5-10H2,1-4H3. The zero-order valence-electron chi connectivity index (χ0n) is 9.90. The van der Waals surface area contributed by atoms with E-state index in [0.29, 0.717) is 0 Å². The summed E-state index contributed by atoms with van der Waals surface area (Å²) < 4.78 is 0. The molecule has 1 nitrogen and oxygen atoms in total. The van der Waals surface area contributed by atoms with Crippen molar-refractivity contribution >= 4 is 0 Å². The van der Waals surface area contributed by atoms with Crippen LogP contribution < -0.4 is 5.32 Å². The molecule has 0 spiro atoms. The fraction of sp³-hybridized carbons (Fsp3) is 1.00. The summed E-state index contributed by atoms with van der Waals surface area (Å²) in [6, 6.07) is 0.755. The largest absolute Gasteiger partial charge is 0.317 e. The topological polar surface area (TPSA) is 12.0 Å². The van der Waals surface area contributed by atoms with Gasteiger partial charge in [-0.3, -0.25) is 0 Å². The van der Waals surface area contributed by atoms with Gasteiger partial charge in [0.25, 0.3) is 0 Å². The molecule has 0 saturated heterocycles. The van der Waals surface area contributed by atoms with Crippen molar-refractivity contribution in [3.63, 3.8) is 0 Å². The second-order valence-electron chi connectivity index (χ2n) is 4.03. The predicted molar refractivity (Wildman–Crippen MR) is 61.1 cm³/mol. The molecule has 0 heterocycles. The molecule has 0 amide bonds. The Kier molecular flexibility index (Phi) is 8.53. The molecule has 0 bridgehead atoms. The second kappa shape index (κ2) is 8.55. The third-order valence-corrected chi connectivity index (χ3v) is 3.12. The number of nitrogens with one attached hydrogen (secondary N) is 1. The van der Waals surface area contributed by atoms with Gasteiger partial charge in [0.2, 0.25) is 0 Å². The number of hydrogen-bond donors (Lipinski definition) is 1. The van der Waals surface area contributed by atoms with E-state index in [1.165, 1.54) is 38.5 Å². The summed E-state index contributed by atoms with van der Waals surface area (Å²) in [4.78, 5) is 0. The lowest BCUT2D eigenvalue weighted by Gasteiger charge is -2.18. The summed E-state index contributed by atoms with van der Waals surface area (Å²) in [7, 11) is 2.09. The van der Waals surface area contributed by atoms with Crippen LogP contribution >= 0.6 is 0 Å². The molecule has 0 aromatic heterocycles. The van der Waals surface area contributed by atoms with Crippen LogP contribution in [0.2, 0.25) is 0 Å². The van der Waals surface area contributed by atoms with E-state index in [9.17, 15) is 0 Å². The average molecular weight is 185 g/mol. The van der Waals surface area contributed by atoms with Gasteiger partial charge in [0.05, 0.1) is 0 Å². The number of rotatable bonds is 8. The van der Waals surface area contributed by atoms with E-state index in [0.717, 1.165) is 12.0 Å². The fourth-order valence-electron chi connectivity index (χ4n) is 1.92. The number of hydrogen-bond acceptors (Lipinski definition) is 1. The molecule has 0 radical (unpaired) electrons. The minimum absolute atomic E-state index is 0.755. The van der Waals surface area contributed by atoms with Crippen LogP contribution in [0.4, 0.5) is 0 Å². The lowest BCUT2D eigenvalue weighted by Crippen LogP contribution is -2.25. The van der Waals surface area contributed by atoms with Gasteiger partial charge >= 0.3 is 0 Å². The van der Waals surface area contributed by atoms with E-state index >= 15 is 0 Å². The Morgan fingerprint density at radius 2 is 1.54 bits per heavy atom. The van der Waals surface area contributed by atoms with Gasteiger partial charge in [-0.15, -0.1) is 0 Å². The Bertz CT molecular complexity index is 97.3. The molecular weight excluding hydrogens is 158 g/mol. The van der Waals surface area contributed by atoms with Crippen LogP contribution in [-0.2, 0) is 0 Å². The molecule has 1 atom stereocenters. The summed E-state index contributed by atoms with van der Waals surface area (Å²) in [5, 5.41) is 3.41. The van der Waals surface area contributed by atoms with Gasteiger partial charge < -0.3 is 5.32 Å². The molecule has 1 heteroatoms. The first-order valence-corrected chi connectivity index (χ1v) is 5.95. The summed E-state index contributed by atoms with van der Waals surface area (Å²) in [6.45, 7) is 6.88. The Hall–Kier alpha value is -0.0400. The van der Waals surface area contributed by atoms with Crippen LogP contribution in [0.3, 0.4) is 0 Å². The zero-order valence-corrected chi connectivity index (χ0v) is 9.90. The molecule has 0 aromatic carbocycles. The maximum Gasteiger partial charge on any atom is 0.00640 e. The summed E-state index contributed by atoms with van der Waals surface area (Å²) in [6.07, 6.45) is 8.08. The molecule has 80 valence electrons. The minimum atomic E-state index is 0.755. The van der Waals surface area contributed by atoms with Gasteiger partial charge in [0.1, 0.15) is 0 Å². The second-order valence-corrected chi connectivity index (χ2v) is 4.03. The highest BCUT2D eigenvalue weighted by Crippen LogP contribution is 2.17. The average Bonchev–Trinajstić information content (AvgIpc) is 2.17. The van der Waals surface area contributed by atoms with E-state index in [4.69, 9.17) is 0 Å². The molecule has 0 fully saturated rings.